The second-order valence-electron chi connectivity index (χ2n) is 9.92. The molecule has 7 nitrogen and oxygen atoms in total. The Morgan fingerprint density at radius 1 is 1.03 bits per heavy atom. The fourth-order valence-electron chi connectivity index (χ4n) is 5.13. The largest absolute Gasteiger partial charge is 0.480 e. The number of hydrogen-bond acceptors (Lipinski definition) is 4. The lowest BCUT2D eigenvalue weighted by atomic mass is 9.78. The zero-order valence-corrected chi connectivity index (χ0v) is 20.3. The maximum atomic E-state index is 12.4. The number of aliphatic carboxylic acids is 1. The lowest BCUT2D eigenvalue weighted by molar-refractivity contribution is -0.142. The monoisotopic (exact) mass is 478 g/mol. The van der Waals surface area contributed by atoms with Crippen LogP contribution in [0.15, 0.2) is 48.5 Å². The molecule has 2 amide bonds. The van der Waals surface area contributed by atoms with E-state index in [1.807, 2.05) is 38.1 Å². The van der Waals surface area contributed by atoms with E-state index in [9.17, 15) is 19.5 Å². The van der Waals surface area contributed by atoms with Crippen LogP contribution >= 0.6 is 0 Å². The Balaban J connectivity index is 1.20. The molecule has 0 heterocycles. The summed E-state index contributed by atoms with van der Waals surface area (Å²) in [6.45, 7) is 4.25. The number of amides is 2. The number of carboxylic acid groups (broad SMARTS) is 1. The van der Waals surface area contributed by atoms with E-state index in [0.29, 0.717) is 19.3 Å². The highest BCUT2D eigenvalue weighted by molar-refractivity contribution is 5.83. The molecule has 2 unspecified atom stereocenters. The third-order valence-electron chi connectivity index (χ3n) is 7.34. The Morgan fingerprint density at radius 2 is 1.63 bits per heavy atom. The Bertz CT molecular complexity index is 1030. The Kier molecular flexibility index (Phi) is 7.73. The van der Waals surface area contributed by atoms with Gasteiger partial charge >= 0.3 is 12.1 Å². The summed E-state index contributed by atoms with van der Waals surface area (Å²) in [7, 11) is 0. The van der Waals surface area contributed by atoms with Gasteiger partial charge in [0.2, 0.25) is 5.91 Å². The average Bonchev–Trinajstić information content (AvgIpc) is 3.14. The minimum Gasteiger partial charge on any atom is -0.480 e. The summed E-state index contributed by atoms with van der Waals surface area (Å²) in [5.74, 6) is -0.867. The first-order chi connectivity index (χ1) is 16.9. The molecule has 2 aromatic carbocycles. The third kappa shape index (κ3) is 5.84. The van der Waals surface area contributed by atoms with Gasteiger partial charge in [-0.15, -0.1) is 0 Å². The van der Waals surface area contributed by atoms with Crippen molar-refractivity contribution in [2.75, 3.05) is 6.61 Å². The summed E-state index contributed by atoms with van der Waals surface area (Å²) in [6.07, 6.45) is 2.48. The third-order valence-corrected chi connectivity index (χ3v) is 7.34. The van der Waals surface area contributed by atoms with Gasteiger partial charge in [0.25, 0.3) is 0 Å². The molecule has 0 saturated heterocycles. The first-order valence-corrected chi connectivity index (χ1v) is 12.5. The molecule has 35 heavy (non-hydrogen) atoms. The molecule has 0 bridgehead atoms. The van der Waals surface area contributed by atoms with Crippen LogP contribution in [-0.4, -0.2) is 41.8 Å². The van der Waals surface area contributed by atoms with Crippen molar-refractivity contribution in [2.45, 2.75) is 64.0 Å². The van der Waals surface area contributed by atoms with Crippen LogP contribution in [0, 0.1) is 11.8 Å². The summed E-state index contributed by atoms with van der Waals surface area (Å²) in [5, 5.41) is 14.9. The second kappa shape index (κ2) is 10.9. The van der Waals surface area contributed by atoms with Gasteiger partial charge in [0, 0.05) is 18.4 Å². The van der Waals surface area contributed by atoms with Gasteiger partial charge in [-0.05, 0) is 53.4 Å². The molecule has 0 radical (unpaired) electrons. The lowest BCUT2D eigenvalue weighted by Crippen LogP contribution is -2.47. The molecular weight excluding hydrogens is 444 g/mol. The van der Waals surface area contributed by atoms with Gasteiger partial charge in [0.15, 0.2) is 0 Å². The minimum absolute atomic E-state index is 0.0172. The number of alkyl carbamates (subject to hydrolysis) is 1. The predicted molar refractivity (Wildman–Crippen MR) is 133 cm³/mol. The smallest absolute Gasteiger partial charge is 0.407 e. The highest BCUT2D eigenvalue weighted by Crippen LogP contribution is 2.44. The van der Waals surface area contributed by atoms with E-state index in [0.717, 1.165) is 6.42 Å². The van der Waals surface area contributed by atoms with Gasteiger partial charge in [-0.3, -0.25) is 4.79 Å². The molecule has 4 rings (SSSR count). The lowest BCUT2D eigenvalue weighted by Gasteiger charge is -2.35. The van der Waals surface area contributed by atoms with Crippen LogP contribution < -0.4 is 10.6 Å². The summed E-state index contributed by atoms with van der Waals surface area (Å²) in [6, 6.07) is 15.5. The molecule has 2 atom stereocenters. The van der Waals surface area contributed by atoms with Gasteiger partial charge < -0.3 is 20.5 Å². The first kappa shape index (κ1) is 24.8. The topological polar surface area (TPSA) is 105 Å². The zero-order chi connectivity index (χ0) is 24.9. The van der Waals surface area contributed by atoms with Crippen molar-refractivity contribution in [2.24, 2.45) is 11.8 Å². The van der Waals surface area contributed by atoms with Crippen LogP contribution in [0.2, 0.25) is 0 Å². The van der Waals surface area contributed by atoms with E-state index in [4.69, 9.17) is 4.74 Å². The van der Waals surface area contributed by atoms with Crippen molar-refractivity contribution >= 4 is 18.0 Å². The molecule has 2 aliphatic rings. The molecule has 186 valence electrons. The maximum absolute atomic E-state index is 12.4. The van der Waals surface area contributed by atoms with Crippen molar-refractivity contribution < 1.29 is 24.2 Å². The van der Waals surface area contributed by atoms with Gasteiger partial charge in [0.05, 0.1) is 0 Å². The molecule has 7 heteroatoms. The van der Waals surface area contributed by atoms with E-state index in [1.165, 1.54) is 22.3 Å². The van der Waals surface area contributed by atoms with Crippen LogP contribution in [0.25, 0.3) is 11.1 Å². The number of carbonyl (C=O) groups is 3. The summed E-state index contributed by atoms with van der Waals surface area (Å²) in [5.41, 5.74) is 4.71. The summed E-state index contributed by atoms with van der Waals surface area (Å²) >= 11 is 0. The molecule has 2 aliphatic carbocycles. The summed E-state index contributed by atoms with van der Waals surface area (Å²) < 4.78 is 5.59. The van der Waals surface area contributed by atoms with E-state index in [2.05, 4.69) is 34.9 Å². The first-order valence-electron chi connectivity index (χ1n) is 12.5. The fraction of sp³-hybridized carbons (Fsp3) is 0.464. The van der Waals surface area contributed by atoms with E-state index >= 15 is 0 Å². The van der Waals surface area contributed by atoms with Crippen molar-refractivity contribution in [1.82, 2.24) is 10.6 Å². The van der Waals surface area contributed by atoms with Crippen LogP contribution in [0.3, 0.4) is 0 Å². The molecule has 0 spiro atoms. The van der Waals surface area contributed by atoms with Crippen molar-refractivity contribution in [3.05, 3.63) is 59.7 Å². The van der Waals surface area contributed by atoms with Crippen molar-refractivity contribution in [3.63, 3.8) is 0 Å². The van der Waals surface area contributed by atoms with Gasteiger partial charge in [-0.25, -0.2) is 9.59 Å². The maximum Gasteiger partial charge on any atom is 0.407 e. The van der Waals surface area contributed by atoms with Crippen molar-refractivity contribution in [1.29, 1.82) is 0 Å². The van der Waals surface area contributed by atoms with Gasteiger partial charge in [0.1, 0.15) is 12.6 Å². The molecular formula is C28H34N2O5. The van der Waals surface area contributed by atoms with Gasteiger partial charge in [-0.2, -0.15) is 0 Å². The average molecular weight is 479 g/mol. The van der Waals surface area contributed by atoms with Crippen LogP contribution in [0.1, 0.15) is 63.0 Å². The molecule has 2 aromatic rings. The standard InChI is InChI=1S/C28H34N2O5/c1-3-17(2)12-25(27(32)33)30-26(31)15-18-13-19(14-18)29-28(34)35-16-24-22-10-6-4-8-20(22)21-9-5-7-11-23(21)24/h4-11,17-19,24-25H,3,12-16H2,1-2H3,(H,29,34)(H,30,31)(H,32,33). The van der Waals surface area contributed by atoms with Crippen LogP contribution in [0.5, 0.6) is 0 Å². The predicted octanol–water partition coefficient (Wildman–Crippen LogP) is 4.70. The molecule has 3 N–H and O–H groups in total. The highest BCUT2D eigenvalue weighted by atomic mass is 16.5. The Hall–Kier alpha value is -3.35. The number of carboxylic acids is 1. The molecule has 1 saturated carbocycles. The molecule has 0 aliphatic heterocycles. The minimum atomic E-state index is -0.998. The van der Waals surface area contributed by atoms with Gasteiger partial charge in [-0.1, -0.05) is 68.8 Å². The van der Waals surface area contributed by atoms with Crippen LogP contribution in [0.4, 0.5) is 4.79 Å². The highest BCUT2D eigenvalue weighted by Gasteiger charge is 2.34. The SMILES string of the molecule is CCC(C)CC(NC(=O)CC1CC(NC(=O)OCC2c3ccccc3-c3ccccc32)C1)C(=O)O. The van der Waals surface area contributed by atoms with Crippen molar-refractivity contribution in [3.8, 4) is 11.1 Å². The van der Waals surface area contributed by atoms with Crippen LogP contribution in [-0.2, 0) is 14.3 Å². The fourth-order valence-corrected chi connectivity index (χ4v) is 5.13. The normalized spacial score (nSPS) is 20.1. The quantitative estimate of drug-likeness (QED) is 0.459. The number of nitrogens with one attached hydrogen (secondary N) is 2. The Morgan fingerprint density at radius 3 is 2.20 bits per heavy atom. The number of rotatable bonds is 10. The Labute approximate surface area is 206 Å². The number of ether oxygens (including phenoxy) is 1. The number of benzene rings is 2. The zero-order valence-electron chi connectivity index (χ0n) is 20.3. The van der Waals surface area contributed by atoms with E-state index < -0.39 is 18.1 Å². The second-order valence-corrected chi connectivity index (χ2v) is 9.92. The molecule has 0 aromatic heterocycles. The molecule has 1 fully saturated rings. The summed E-state index contributed by atoms with van der Waals surface area (Å²) in [4.78, 5) is 36.2. The number of hydrogen-bond donors (Lipinski definition) is 3. The van der Waals surface area contributed by atoms with E-state index in [-0.39, 0.29) is 42.7 Å². The number of fused-ring (bicyclic) bond motifs is 3. The van der Waals surface area contributed by atoms with E-state index in [1.54, 1.807) is 0 Å². The number of carbonyl (C=O) groups excluding carboxylic acids is 2.